The number of aliphatic hydroxyl groups excluding tert-OH is 1. The number of rotatable bonds is 5. The summed E-state index contributed by atoms with van der Waals surface area (Å²) in [6, 6.07) is -1.46. The Morgan fingerprint density at radius 1 is 1.55 bits per heavy atom. The van der Waals surface area contributed by atoms with E-state index in [1.807, 2.05) is 20.0 Å². The lowest BCUT2D eigenvalue weighted by molar-refractivity contribution is -0.146. The molecule has 1 fully saturated rings. The van der Waals surface area contributed by atoms with Gasteiger partial charge in [-0.3, -0.25) is 9.69 Å². The third-order valence-electron chi connectivity index (χ3n) is 3.22. The van der Waals surface area contributed by atoms with Gasteiger partial charge in [0.25, 0.3) is 0 Å². The molecule has 0 bridgehead atoms. The molecule has 0 saturated carbocycles. The van der Waals surface area contributed by atoms with Crippen molar-refractivity contribution in [3.05, 3.63) is 0 Å². The van der Waals surface area contributed by atoms with Crippen LogP contribution in [-0.2, 0) is 14.3 Å². The molecular weight excluding hydrogens is 262 g/mol. The lowest BCUT2D eigenvalue weighted by Crippen LogP contribution is -2.49. The van der Waals surface area contributed by atoms with E-state index in [0.717, 1.165) is 0 Å². The van der Waals surface area contributed by atoms with Crippen molar-refractivity contribution >= 4 is 11.9 Å². The number of methoxy groups -OCH3 is 1. The predicted octanol–water partition coefficient (Wildman–Crippen LogP) is -0.393. The van der Waals surface area contributed by atoms with Gasteiger partial charge in [0, 0.05) is 6.42 Å². The summed E-state index contributed by atoms with van der Waals surface area (Å²) in [5.74, 6) is -0.728. The van der Waals surface area contributed by atoms with Crippen molar-refractivity contribution in [1.29, 1.82) is 5.26 Å². The van der Waals surface area contributed by atoms with Crippen LogP contribution < -0.4 is 5.32 Å². The number of aliphatic hydroxyl groups is 1. The van der Waals surface area contributed by atoms with Gasteiger partial charge < -0.3 is 15.2 Å². The van der Waals surface area contributed by atoms with E-state index >= 15 is 0 Å². The number of hydrogen-bond acceptors (Lipinski definition) is 6. The summed E-state index contributed by atoms with van der Waals surface area (Å²) in [5, 5.41) is 21.1. The molecule has 0 unspecified atom stereocenters. The van der Waals surface area contributed by atoms with Crippen molar-refractivity contribution < 1.29 is 19.4 Å². The molecule has 7 nitrogen and oxygen atoms in total. The number of esters is 1. The van der Waals surface area contributed by atoms with Crippen LogP contribution in [0.2, 0.25) is 0 Å². The Labute approximate surface area is 118 Å². The van der Waals surface area contributed by atoms with Gasteiger partial charge in [-0.15, -0.1) is 0 Å². The van der Waals surface area contributed by atoms with Gasteiger partial charge in [0.15, 0.2) is 6.19 Å². The van der Waals surface area contributed by atoms with Crippen LogP contribution in [0.25, 0.3) is 0 Å². The van der Waals surface area contributed by atoms with Gasteiger partial charge in [0.2, 0.25) is 5.91 Å². The Bertz CT molecular complexity index is 405. The number of nitriles is 1. The van der Waals surface area contributed by atoms with Gasteiger partial charge in [-0.1, -0.05) is 13.8 Å². The molecule has 3 atom stereocenters. The zero-order valence-corrected chi connectivity index (χ0v) is 12.0. The lowest BCUT2D eigenvalue weighted by atomic mass is 10.0. The summed E-state index contributed by atoms with van der Waals surface area (Å²) in [7, 11) is 1.27. The monoisotopic (exact) mass is 283 g/mol. The Balaban J connectivity index is 2.70. The second kappa shape index (κ2) is 7.10. The second-order valence-corrected chi connectivity index (χ2v) is 5.37. The molecule has 0 aromatic heterocycles. The molecule has 0 radical (unpaired) electrons. The number of amides is 1. The van der Waals surface area contributed by atoms with Crippen molar-refractivity contribution in [3.63, 3.8) is 0 Å². The molecule has 1 aliphatic rings. The van der Waals surface area contributed by atoms with Crippen molar-refractivity contribution in [2.45, 2.75) is 44.9 Å². The summed E-state index contributed by atoms with van der Waals surface area (Å²) < 4.78 is 4.67. The summed E-state index contributed by atoms with van der Waals surface area (Å²) in [4.78, 5) is 25.0. The number of likely N-dealkylation sites (tertiary alicyclic amines) is 1. The highest BCUT2D eigenvalue weighted by atomic mass is 16.5. The third kappa shape index (κ3) is 4.10. The minimum Gasteiger partial charge on any atom is -0.467 e. The standard InChI is InChI=1S/C13H21N3O4/c1-8(2)4-10(13(19)20-3)15-12(18)11-5-9(17)6-16(11)7-14/h8-11,17H,4-6H2,1-3H3,(H,15,18)/t9-,10+,11+/m1/s1. The Kier molecular flexibility index (Phi) is 5.77. The van der Waals surface area contributed by atoms with Crippen LogP contribution in [0.15, 0.2) is 0 Å². The second-order valence-electron chi connectivity index (χ2n) is 5.37. The fourth-order valence-electron chi connectivity index (χ4n) is 2.27. The van der Waals surface area contributed by atoms with Crippen LogP contribution in [0.5, 0.6) is 0 Å². The molecule has 0 aliphatic carbocycles. The number of nitrogens with zero attached hydrogens (tertiary/aromatic N) is 2. The quantitative estimate of drug-likeness (QED) is 0.526. The first-order valence-corrected chi connectivity index (χ1v) is 6.61. The van der Waals surface area contributed by atoms with E-state index in [0.29, 0.717) is 6.42 Å². The molecule has 0 spiro atoms. The van der Waals surface area contributed by atoms with Crippen LogP contribution in [-0.4, -0.2) is 53.7 Å². The number of carbonyl (C=O) groups is 2. The predicted molar refractivity (Wildman–Crippen MR) is 70.1 cm³/mol. The van der Waals surface area contributed by atoms with Crippen LogP contribution in [0.4, 0.5) is 0 Å². The average molecular weight is 283 g/mol. The van der Waals surface area contributed by atoms with E-state index < -0.39 is 30.1 Å². The highest BCUT2D eigenvalue weighted by Gasteiger charge is 2.37. The topological polar surface area (TPSA) is 103 Å². The molecule has 1 aliphatic heterocycles. The summed E-state index contributed by atoms with van der Waals surface area (Å²) in [6.07, 6.45) is 1.83. The van der Waals surface area contributed by atoms with Crippen LogP contribution in [0.1, 0.15) is 26.7 Å². The molecule has 112 valence electrons. The van der Waals surface area contributed by atoms with Crippen molar-refractivity contribution in [1.82, 2.24) is 10.2 Å². The smallest absolute Gasteiger partial charge is 0.328 e. The van der Waals surface area contributed by atoms with Crippen LogP contribution in [0.3, 0.4) is 0 Å². The van der Waals surface area contributed by atoms with E-state index in [1.165, 1.54) is 12.0 Å². The molecule has 0 aromatic rings. The maximum absolute atomic E-state index is 12.1. The normalized spacial score (nSPS) is 23.3. The molecule has 1 saturated heterocycles. The Morgan fingerprint density at radius 3 is 2.70 bits per heavy atom. The van der Waals surface area contributed by atoms with Gasteiger partial charge >= 0.3 is 5.97 Å². The van der Waals surface area contributed by atoms with Gasteiger partial charge in [-0.05, 0) is 12.3 Å². The van der Waals surface area contributed by atoms with E-state index in [4.69, 9.17) is 5.26 Å². The SMILES string of the molecule is COC(=O)[C@H](CC(C)C)NC(=O)[C@@H]1C[C@@H](O)CN1C#N. The number of ether oxygens (including phenoxy) is 1. The van der Waals surface area contributed by atoms with Crippen molar-refractivity contribution in [2.75, 3.05) is 13.7 Å². The highest BCUT2D eigenvalue weighted by Crippen LogP contribution is 2.17. The van der Waals surface area contributed by atoms with E-state index in [9.17, 15) is 14.7 Å². The number of nitrogens with one attached hydrogen (secondary N) is 1. The third-order valence-corrected chi connectivity index (χ3v) is 3.22. The van der Waals surface area contributed by atoms with Crippen molar-refractivity contribution in [3.8, 4) is 6.19 Å². The molecule has 1 amide bonds. The van der Waals surface area contributed by atoms with E-state index in [-0.39, 0.29) is 18.9 Å². The largest absolute Gasteiger partial charge is 0.467 e. The van der Waals surface area contributed by atoms with Gasteiger partial charge in [0.1, 0.15) is 12.1 Å². The molecular formula is C13H21N3O4. The molecule has 7 heteroatoms. The first kappa shape index (κ1) is 16.2. The van der Waals surface area contributed by atoms with E-state index in [2.05, 4.69) is 10.1 Å². The highest BCUT2D eigenvalue weighted by molar-refractivity contribution is 5.87. The number of hydrogen-bond donors (Lipinski definition) is 2. The Morgan fingerprint density at radius 2 is 2.20 bits per heavy atom. The van der Waals surface area contributed by atoms with Gasteiger partial charge in [-0.2, -0.15) is 5.26 Å². The fraction of sp³-hybridized carbons (Fsp3) is 0.769. The maximum Gasteiger partial charge on any atom is 0.328 e. The first-order chi connectivity index (χ1) is 9.38. The van der Waals surface area contributed by atoms with Crippen LogP contribution >= 0.6 is 0 Å². The summed E-state index contributed by atoms with van der Waals surface area (Å²) in [5.41, 5.74) is 0. The first-order valence-electron chi connectivity index (χ1n) is 6.61. The lowest BCUT2D eigenvalue weighted by Gasteiger charge is -2.22. The molecule has 20 heavy (non-hydrogen) atoms. The van der Waals surface area contributed by atoms with Crippen molar-refractivity contribution in [2.24, 2.45) is 5.92 Å². The van der Waals surface area contributed by atoms with E-state index in [1.54, 1.807) is 0 Å². The molecule has 2 N–H and O–H groups in total. The number of carbonyl (C=O) groups excluding carboxylic acids is 2. The van der Waals surface area contributed by atoms with Gasteiger partial charge in [-0.25, -0.2) is 4.79 Å². The molecule has 1 rings (SSSR count). The molecule has 1 heterocycles. The minimum absolute atomic E-state index is 0.141. The summed E-state index contributed by atoms with van der Waals surface area (Å²) >= 11 is 0. The zero-order chi connectivity index (χ0) is 15.3. The Hall–Kier alpha value is -1.81. The maximum atomic E-state index is 12.1. The fourth-order valence-corrected chi connectivity index (χ4v) is 2.27. The minimum atomic E-state index is -0.731. The number of β-amino-alcohol motifs (C(OH)–C–C–N with tert-alkyl or cyclic N) is 1. The zero-order valence-electron chi connectivity index (χ0n) is 12.0. The van der Waals surface area contributed by atoms with Crippen LogP contribution in [0, 0.1) is 17.4 Å². The van der Waals surface area contributed by atoms with Gasteiger partial charge in [0.05, 0.1) is 19.8 Å². The average Bonchev–Trinajstić information content (AvgIpc) is 2.77. The summed E-state index contributed by atoms with van der Waals surface area (Å²) in [6.45, 7) is 4.01. The molecule has 0 aromatic carbocycles.